The number of piperidine rings is 1. The minimum absolute atomic E-state index is 0.163. The number of likely N-dealkylation sites (tertiary alicyclic amines) is 1. The summed E-state index contributed by atoms with van der Waals surface area (Å²) in [7, 11) is 1.62. The smallest absolute Gasteiger partial charge is 0.255 e. The van der Waals surface area contributed by atoms with Crippen molar-refractivity contribution in [3.63, 3.8) is 0 Å². The van der Waals surface area contributed by atoms with Gasteiger partial charge in [-0.05, 0) is 36.8 Å². The Morgan fingerprint density at radius 2 is 2.04 bits per heavy atom. The molecule has 1 amide bonds. The fraction of sp³-hybridized carbons (Fsp3) is 0.611. The summed E-state index contributed by atoms with van der Waals surface area (Å²) in [6.45, 7) is 2.09. The van der Waals surface area contributed by atoms with Gasteiger partial charge >= 0.3 is 0 Å². The molecule has 1 aliphatic carbocycles. The first-order valence-corrected chi connectivity index (χ1v) is 8.43. The molecule has 2 aliphatic rings. The van der Waals surface area contributed by atoms with Crippen LogP contribution < -0.4 is 5.32 Å². The van der Waals surface area contributed by atoms with Crippen LogP contribution in [0.15, 0.2) is 24.3 Å². The number of methoxy groups -OCH3 is 1. The number of fused-ring (bicyclic) bond motifs is 1. The second-order valence-electron chi connectivity index (χ2n) is 6.67. The summed E-state index contributed by atoms with van der Waals surface area (Å²) in [6, 6.07) is 8.74. The van der Waals surface area contributed by atoms with Crippen LogP contribution in [0, 0.1) is 0 Å². The third-order valence-corrected chi connectivity index (χ3v) is 5.00. The van der Waals surface area contributed by atoms with Gasteiger partial charge in [-0.3, -0.25) is 4.79 Å². The average Bonchev–Trinajstić information content (AvgIpc) is 2.98. The van der Waals surface area contributed by atoms with Crippen LogP contribution in [0.25, 0.3) is 0 Å². The third kappa shape index (κ3) is 3.57. The molecule has 1 aliphatic heterocycles. The van der Waals surface area contributed by atoms with Gasteiger partial charge in [0, 0.05) is 32.8 Å². The van der Waals surface area contributed by atoms with Crippen molar-refractivity contribution in [3.05, 3.63) is 35.4 Å². The first-order valence-electron chi connectivity index (χ1n) is 8.43. The number of benzene rings is 1. The Morgan fingerprint density at radius 1 is 1.35 bits per heavy atom. The lowest BCUT2D eigenvalue weighted by molar-refractivity contribution is -0.157. The lowest BCUT2D eigenvalue weighted by Gasteiger charge is -2.38. The first-order chi connectivity index (χ1) is 11.1. The van der Waals surface area contributed by atoms with E-state index in [4.69, 9.17) is 4.74 Å². The van der Waals surface area contributed by atoms with Crippen molar-refractivity contribution in [1.29, 1.82) is 0 Å². The summed E-state index contributed by atoms with van der Waals surface area (Å²) >= 11 is 0. The van der Waals surface area contributed by atoms with E-state index in [-0.39, 0.29) is 5.91 Å². The van der Waals surface area contributed by atoms with Gasteiger partial charge in [0.15, 0.2) is 5.60 Å². The molecule has 1 saturated heterocycles. The Kier molecular flexibility index (Phi) is 4.99. The molecule has 1 heterocycles. The topological polar surface area (TPSA) is 61.8 Å². The van der Waals surface area contributed by atoms with Crippen LogP contribution >= 0.6 is 0 Å². The Bertz CT molecular complexity index is 538. The zero-order valence-electron chi connectivity index (χ0n) is 13.8. The Hall–Kier alpha value is -1.43. The van der Waals surface area contributed by atoms with Gasteiger partial charge in [-0.25, -0.2) is 0 Å². The van der Waals surface area contributed by atoms with E-state index in [0.29, 0.717) is 38.7 Å². The normalized spacial score (nSPS) is 25.0. The minimum Gasteiger partial charge on any atom is -0.383 e. The molecule has 1 aromatic carbocycles. The van der Waals surface area contributed by atoms with Gasteiger partial charge < -0.3 is 20.1 Å². The van der Waals surface area contributed by atoms with Crippen LogP contribution in [0.2, 0.25) is 0 Å². The molecule has 0 spiro atoms. The van der Waals surface area contributed by atoms with Crippen LogP contribution in [-0.2, 0) is 22.4 Å². The Balaban J connectivity index is 1.56. The maximum absolute atomic E-state index is 12.6. The van der Waals surface area contributed by atoms with Crippen molar-refractivity contribution in [2.45, 2.75) is 37.3 Å². The maximum atomic E-state index is 12.6. The summed E-state index contributed by atoms with van der Waals surface area (Å²) < 4.78 is 5.05. The van der Waals surface area contributed by atoms with Crippen molar-refractivity contribution >= 4 is 5.91 Å². The van der Waals surface area contributed by atoms with Crippen molar-refractivity contribution in [2.24, 2.45) is 0 Å². The lowest BCUT2D eigenvalue weighted by Crippen LogP contribution is -2.59. The SMILES string of the molecule is COCCN1CCC[C@@](O)(CNC2Cc3ccccc3C2)C1=O. The highest BCUT2D eigenvalue weighted by molar-refractivity contribution is 5.86. The molecule has 2 N–H and O–H groups in total. The van der Waals surface area contributed by atoms with Crippen molar-refractivity contribution in [1.82, 2.24) is 10.2 Å². The molecule has 0 aromatic heterocycles. The van der Waals surface area contributed by atoms with Gasteiger partial charge in [0.1, 0.15) is 0 Å². The number of aliphatic hydroxyl groups is 1. The van der Waals surface area contributed by atoms with E-state index < -0.39 is 5.60 Å². The zero-order chi connectivity index (χ0) is 16.3. The van der Waals surface area contributed by atoms with Crippen LogP contribution in [0.1, 0.15) is 24.0 Å². The van der Waals surface area contributed by atoms with Crippen LogP contribution in [0.3, 0.4) is 0 Å². The number of carbonyl (C=O) groups excluding carboxylic acids is 1. The van der Waals surface area contributed by atoms with Crippen molar-refractivity contribution < 1.29 is 14.6 Å². The van der Waals surface area contributed by atoms with Gasteiger partial charge in [-0.2, -0.15) is 0 Å². The number of nitrogens with one attached hydrogen (secondary N) is 1. The lowest BCUT2D eigenvalue weighted by atomic mass is 9.91. The zero-order valence-corrected chi connectivity index (χ0v) is 13.8. The van der Waals surface area contributed by atoms with E-state index in [1.54, 1.807) is 12.0 Å². The van der Waals surface area contributed by atoms with Crippen LogP contribution in [0.4, 0.5) is 0 Å². The number of hydrogen-bond donors (Lipinski definition) is 2. The molecule has 126 valence electrons. The van der Waals surface area contributed by atoms with Crippen molar-refractivity contribution in [2.75, 3.05) is 33.4 Å². The molecule has 3 rings (SSSR count). The summed E-state index contributed by atoms with van der Waals surface area (Å²) in [5.41, 5.74) is 1.46. The molecule has 23 heavy (non-hydrogen) atoms. The largest absolute Gasteiger partial charge is 0.383 e. The van der Waals surface area contributed by atoms with Gasteiger partial charge in [-0.1, -0.05) is 24.3 Å². The maximum Gasteiger partial charge on any atom is 0.255 e. The second kappa shape index (κ2) is 6.99. The van der Waals surface area contributed by atoms with Crippen LogP contribution in [-0.4, -0.2) is 60.9 Å². The molecule has 0 radical (unpaired) electrons. The average molecular weight is 318 g/mol. The number of amides is 1. The van der Waals surface area contributed by atoms with E-state index in [9.17, 15) is 9.90 Å². The predicted molar refractivity (Wildman–Crippen MR) is 88.3 cm³/mol. The third-order valence-electron chi connectivity index (χ3n) is 5.00. The highest BCUT2D eigenvalue weighted by atomic mass is 16.5. The molecule has 1 fully saturated rings. The summed E-state index contributed by atoms with van der Waals surface area (Å²) in [5, 5.41) is 14.2. The number of carbonyl (C=O) groups is 1. The quantitative estimate of drug-likeness (QED) is 0.812. The van der Waals surface area contributed by atoms with Gasteiger partial charge in [0.25, 0.3) is 5.91 Å². The fourth-order valence-corrected chi connectivity index (χ4v) is 3.66. The van der Waals surface area contributed by atoms with Crippen molar-refractivity contribution in [3.8, 4) is 0 Å². The molecule has 0 bridgehead atoms. The van der Waals surface area contributed by atoms with Crippen LogP contribution in [0.5, 0.6) is 0 Å². The minimum atomic E-state index is -1.28. The summed E-state index contributed by atoms with van der Waals surface area (Å²) in [4.78, 5) is 14.3. The second-order valence-corrected chi connectivity index (χ2v) is 6.67. The molecular formula is C18H26N2O3. The van der Waals surface area contributed by atoms with E-state index in [0.717, 1.165) is 19.3 Å². The molecule has 0 unspecified atom stereocenters. The molecule has 1 aromatic rings. The fourth-order valence-electron chi connectivity index (χ4n) is 3.66. The Labute approximate surface area is 137 Å². The molecule has 5 nitrogen and oxygen atoms in total. The Morgan fingerprint density at radius 3 is 2.70 bits per heavy atom. The molecular weight excluding hydrogens is 292 g/mol. The van der Waals surface area contributed by atoms with E-state index in [1.807, 2.05) is 0 Å². The van der Waals surface area contributed by atoms with Gasteiger partial charge in [-0.15, -0.1) is 0 Å². The predicted octanol–water partition coefficient (Wildman–Crippen LogP) is 0.743. The number of hydrogen-bond acceptors (Lipinski definition) is 4. The monoisotopic (exact) mass is 318 g/mol. The summed E-state index contributed by atoms with van der Waals surface area (Å²) in [6.07, 6.45) is 3.29. The van der Waals surface area contributed by atoms with E-state index in [1.165, 1.54) is 11.1 Å². The number of rotatable bonds is 6. The van der Waals surface area contributed by atoms with E-state index >= 15 is 0 Å². The van der Waals surface area contributed by atoms with Gasteiger partial charge in [0.05, 0.1) is 6.61 Å². The van der Waals surface area contributed by atoms with Gasteiger partial charge in [0.2, 0.25) is 0 Å². The first kappa shape index (κ1) is 16.4. The highest BCUT2D eigenvalue weighted by Crippen LogP contribution is 2.25. The molecule has 0 saturated carbocycles. The van der Waals surface area contributed by atoms with E-state index in [2.05, 4.69) is 29.6 Å². The number of ether oxygens (including phenoxy) is 1. The number of nitrogens with zero attached hydrogens (tertiary/aromatic N) is 1. The molecule has 1 atom stereocenters. The standard InChI is InChI=1S/C18H26N2O3/c1-23-10-9-20-8-4-7-18(22,17(20)21)13-19-16-11-14-5-2-3-6-15(14)12-16/h2-3,5-6,16,19,22H,4,7-13H2,1H3/t18-/m1/s1. The summed E-state index contributed by atoms with van der Waals surface area (Å²) in [5.74, 6) is -0.163. The molecule has 5 heteroatoms. The highest BCUT2D eigenvalue weighted by Gasteiger charge is 2.42.